The van der Waals surface area contributed by atoms with Gasteiger partial charge in [-0.2, -0.15) is 0 Å². The van der Waals surface area contributed by atoms with Crippen molar-refractivity contribution in [1.82, 2.24) is 0 Å². The monoisotopic (exact) mass is 449 g/mol. The molecule has 6 nitrogen and oxygen atoms in total. The van der Waals surface area contributed by atoms with Crippen LogP contribution in [0.25, 0.3) is 0 Å². The number of benzene rings is 3. The predicted molar refractivity (Wildman–Crippen MR) is 122 cm³/mol. The zero-order valence-corrected chi connectivity index (χ0v) is 18.6. The minimum absolute atomic E-state index is 0.0269. The first kappa shape index (κ1) is 23.7. The molecule has 0 aromatic heterocycles. The molecule has 0 unspecified atom stereocenters. The van der Waals surface area contributed by atoms with Crippen LogP contribution in [-0.2, 0) is 9.53 Å². The highest BCUT2D eigenvalue weighted by molar-refractivity contribution is 6.02. The summed E-state index contributed by atoms with van der Waals surface area (Å²) in [5.74, 6) is -2.11. The van der Waals surface area contributed by atoms with Crippen molar-refractivity contribution in [2.24, 2.45) is 0 Å². The average Bonchev–Trinajstić information content (AvgIpc) is 2.77. The Hall–Kier alpha value is -4.00. The Kier molecular flexibility index (Phi) is 7.56. The number of ketones is 1. The van der Waals surface area contributed by atoms with Crippen LogP contribution < -0.4 is 10.1 Å². The van der Waals surface area contributed by atoms with E-state index in [1.165, 1.54) is 30.3 Å². The molecule has 0 aliphatic carbocycles. The normalized spacial score (nSPS) is 10.4. The summed E-state index contributed by atoms with van der Waals surface area (Å²) >= 11 is 0. The van der Waals surface area contributed by atoms with Crippen molar-refractivity contribution in [2.75, 3.05) is 18.5 Å². The molecule has 0 saturated carbocycles. The zero-order valence-electron chi connectivity index (χ0n) is 18.6. The molecule has 0 aliphatic rings. The largest absolute Gasteiger partial charge is 0.483 e. The molecule has 0 fully saturated rings. The number of esters is 1. The summed E-state index contributed by atoms with van der Waals surface area (Å²) < 4.78 is 24.4. The number of nitrogens with one attached hydrogen (secondary N) is 1. The summed E-state index contributed by atoms with van der Waals surface area (Å²) in [6, 6.07) is 15.8. The Morgan fingerprint density at radius 2 is 1.52 bits per heavy atom. The van der Waals surface area contributed by atoms with Gasteiger partial charge in [0.2, 0.25) is 5.78 Å². The van der Waals surface area contributed by atoms with Gasteiger partial charge in [-0.3, -0.25) is 9.59 Å². The van der Waals surface area contributed by atoms with E-state index >= 15 is 0 Å². The Labute approximate surface area is 191 Å². The van der Waals surface area contributed by atoms with Gasteiger partial charge >= 0.3 is 5.97 Å². The van der Waals surface area contributed by atoms with Crippen molar-refractivity contribution in [3.05, 3.63) is 94.3 Å². The highest BCUT2D eigenvalue weighted by Gasteiger charge is 2.19. The van der Waals surface area contributed by atoms with Crippen LogP contribution in [0.5, 0.6) is 5.75 Å². The van der Waals surface area contributed by atoms with Crippen LogP contribution in [0.1, 0.15) is 37.4 Å². The maximum Gasteiger partial charge on any atom is 0.342 e. The minimum Gasteiger partial charge on any atom is -0.483 e. The molecule has 0 aliphatic heterocycles. The summed E-state index contributed by atoms with van der Waals surface area (Å²) in [4.78, 5) is 37.4. The number of amides is 1. The Morgan fingerprint density at radius 1 is 0.879 bits per heavy atom. The number of rotatable bonds is 8. The molecule has 7 heteroatoms. The number of para-hydroxylation sites is 2. The lowest BCUT2D eigenvalue weighted by molar-refractivity contribution is -0.118. The maximum atomic E-state index is 13.7. The zero-order chi connectivity index (χ0) is 24.0. The van der Waals surface area contributed by atoms with Crippen LogP contribution in [0.15, 0.2) is 60.7 Å². The molecule has 3 aromatic rings. The number of carbonyl (C=O) groups excluding carboxylic acids is 3. The third-order valence-corrected chi connectivity index (χ3v) is 4.90. The molecule has 33 heavy (non-hydrogen) atoms. The van der Waals surface area contributed by atoms with Gasteiger partial charge in [0.1, 0.15) is 17.1 Å². The van der Waals surface area contributed by atoms with Crippen LogP contribution in [0.3, 0.4) is 0 Å². The van der Waals surface area contributed by atoms with Crippen LogP contribution >= 0.6 is 0 Å². The van der Waals surface area contributed by atoms with Gasteiger partial charge in [-0.25, -0.2) is 9.18 Å². The first-order valence-corrected chi connectivity index (χ1v) is 10.3. The predicted octanol–water partition coefficient (Wildman–Crippen LogP) is 4.81. The molecule has 1 N–H and O–H groups in total. The van der Waals surface area contributed by atoms with Gasteiger partial charge in [0.25, 0.3) is 5.91 Å². The summed E-state index contributed by atoms with van der Waals surface area (Å²) in [7, 11) is 0. The summed E-state index contributed by atoms with van der Waals surface area (Å²) in [5, 5.41) is 2.40. The van der Waals surface area contributed by atoms with Gasteiger partial charge < -0.3 is 14.8 Å². The number of hydrogen-bond donors (Lipinski definition) is 1. The standard InChI is InChI=1S/C26H24FNO5/c1-16-12-17(2)25(18(3)13-16)22(29)14-33-26(31)19-8-4-7-11-23(19)32-15-24(30)28-21-10-6-5-9-20(21)27/h4-13H,14-15H2,1-3H3,(H,28,30). The highest BCUT2D eigenvalue weighted by atomic mass is 19.1. The second kappa shape index (κ2) is 10.5. The Bertz CT molecular complexity index is 1180. The molecule has 170 valence electrons. The van der Waals surface area contributed by atoms with Crippen molar-refractivity contribution in [1.29, 1.82) is 0 Å². The van der Waals surface area contributed by atoms with E-state index in [0.29, 0.717) is 5.56 Å². The topological polar surface area (TPSA) is 81.7 Å². The van der Waals surface area contributed by atoms with Gasteiger partial charge in [0, 0.05) is 5.56 Å². The van der Waals surface area contributed by atoms with Crippen molar-refractivity contribution < 1.29 is 28.2 Å². The van der Waals surface area contributed by atoms with Gasteiger partial charge in [-0.05, 0) is 56.2 Å². The molecule has 0 spiro atoms. The molecule has 0 radical (unpaired) electrons. The van der Waals surface area contributed by atoms with Gasteiger partial charge in [0.15, 0.2) is 13.2 Å². The smallest absolute Gasteiger partial charge is 0.342 e. The number of ether oxygens (including phenoxy) is 2. The number of anilines is 1. The van der Waals surface area contributed by atoms with Crippen molar-refractivity contribution in [2.45, 2.75) is 20.8 Å². The summed E-state index contributed by atoms with van der Waals surface area (Å²) in [6.45, 7) is 4.75. The minimum atomic E-state index is -0.754. The first-order valence-electron chi connectivity index (χ1n) is 10.3. The van der Waals surface area contributed by atoms with E-state index in [1.54, 1.807) is 18.2 Å². The number of Topliss-reactive ketones (excluding diaryl/α,β-unsaturated/α-hetero) is 1. The van der Waals surface area contributed by atoms with Crippen LogP contribution in [0.4, 0.5) is 10.1 Å². The number of hydrogen-bond acceptors (Lipinski definition) is 5. The SMILES string of the molecule is Cc1cc(C)c(C(=O)COC(=O)c2ccccc2OCC(=O)Nc2ccccc2F)c(C)c1. The van der Waals surface area contributed by atoms with Crippen LogP contribution in [0, 0.1) is 26.6 Å². The fourth-order valence-corrected chi connectivity index (χ4v) is 3.55. The number of halogens is 1. The van der Waals surface area contributed by atoms with Gasteiger partial charge in [-0.15, -0.1) is 0 Å². The Morgan fingerprint density at radius 3 is 2.21 bits per heavy atom. The number of aryl methyl sites for hydroxylation is 3. The van der Waals surface area contributed by atoms with E-state index in [0.717, 1.165) is 16.7 Å². The van der Waals surface area contributed by atoms with Gasteiger partial charge in [-0.1, -0.05) is 42.0 Å². The van der Waals surface area contributed by atoms with Crippen LogP contribution in [-0.4, -0.2) is 30.9 Å². The molecule has 0 heterocycles. The quantitative estimate of drug-likeness (QED) is 0.394. The van der Waals surface area contributed by atoms with Crippen molar-refractivity contribution in [3.63, 3.8) is 0 Å². The summed E-state index contributed by atoms with van der Waals surface area (Å²) in [6.07, 6.45) is 0. The average molecular weight is 449 g/mol. The van der Waals surface area contributed by atoms with Crippen molar-refractivity contribution in [3.8, 4) is 5.75 Å². The lowest BCUT2D eigenvalue weighted by Gasteiger charge is -2.13. The highest BCUT2D eigenvalue weighted by Crippen LogP contribution is 2.21. The third kappa shape index (κ3) is 6.04. The van der Waals surface area contributed by atoms with E-state index in [9.17, 15) is 18.8 Å². The Balaban J connectivity index is 1.62. The van der Waals surface area contributed by atoms with E-state index in [-0.39, 0.29) is 22.8 Å². The summed E-state index contributed by atoms with van der Waals surface area (Å²) in [5.41, 5.74) is 3.31. The fraction of sp³-hybridized carbons (Fsp3) is 0.192. The van der Waals surface area contributed by atoms with E-state index in [4.69, 9.17) is 9.47 Å². The molecule has 0 atom stereocenters. The van der Waals surface area contributed by atoms with E-state index in [2.05, 4.69) is 5.32 Å². The fourth-order valence-electron chi connectivity index (χ4n) is 3.55. The molecule has 3 rings (SSSR count). The van der Waals surface area contributed by atoms with Gasteiger partial charge in [0.05, 0.1) is 5.69 Å². The maximum absolute atomic E-state index is 13.7. The first-order chi connectivity index (χ1) is 15.8. The molecule has 0 bridgehead atoms. The van der Waals surface area contributed by atoms with E-state index < -0.39 is 30.9 Å². The van der Waals surface area contributed by atoms with Crippen molar-refractivity contribution >= 4 is 23.3 Å². The lowest BCUT2D eigenvalue weighted by Crippen LogP contribution is -2.22. The molecular weight excluding hydrogens is 425 g/mol. The second-order valence-electron chi connectivity index (χ2n) is 7.59. The molecule has 0 saturated heterocycles. The molecule has 1 amide bonds. The molecule has 3 aromatic carbocycles. The van der Waals surface area contributed by atoms with E-state index in [1.807, 2.05) is 32.9 Å². The molecular formula is C26H24FNO5. The lowest BCUT2D eigenvalue weighted by atomic mass is 9.97. The third-order valence-electron chi connectivity index (χ3n) is 4.90. The second-order valence-corrected chi connectivity index (χ2v) is 7.59. The number of carbonyl (C=O) groups is 3. The van der Waals surface area contributed by atoms with Crippen LogP contribution in [0.2, 0.25) is 0 Å².